The van der Waals surface area contributed by atoms with E-state index in [0.29, 0.717) is 30.7 Å². The lowest BCUT2D eigenvalue weighted by atomic mass is 9.69. The number of carbonyl (C=O) groups is 1. The Morgan fingerprint density at radius 1 is 1.30 bits per heavy atom. The van der Waals surface area contributed by atoms with Crippen LogP contribution in [-0.4, -0.2) is 41.1 Å². The van der Waals surface area contributed by atoms with Crippen molar-refractivity contribution in [1.29, 1.82) is 0 Å². The highest BCUT2D eigenvalue weighted by molar-refractivity contribution is 5.71. The van der Waals surface area contributed by atoms with Crippen LogP contribution in [0.5, 0.6) is 5.75 Å². The van der Waals surface area contributed by atoms with Crippen molar-refractivity contribution in [3.63, 3.8) is 0 Å². The zero-order valence-electron chi connectivity index (χ0n) is 15.4. The summed E-state index contributed by atoms with van der Waals surface area (Å²) in [6.07, 6.45) is 3.07. The minimum absolute atomic E-state index is 0.164. The molecule has 0 aliphatic heterocycles. The number of carboxylic acids is 1. The number of methoxy groups -OCH3 is 2. The third-order valence-electron chi connectivity index (χ3n) is 5.11. The lowest BCUT2D eigenvalue weighted by Crippen LogP contribution is -2.41. The highest BCUT2D eigenvalue weighted by Crippen LogP contribution is 2.44. The first kappa shape index (κ1) is 18.9. The number of nitrogens with zero attached hydrogens (tertiary/aromatic N) is 2. The fourth-order valence-corrected chi connectivity index (χ4v) is 3.58. The molecule has 0 spiro atoms. The van der Waals surface area contributed by atoms with E-state index in [0.717, 1.165) is 5.56 Å². The Bertz CT molecular complexity index is 859. The summed E-state index contributed by atoms with van der Waals surface area (Å²) < 4.78 is 10.9. The number of ether oxygens (including phenoxy) is 2. The predicted molar refractivity (Wildman–Crippen MR) is 99.4 cm³/mol. The molecule has 1 aliphatic carbocycles. The van der Waals surface area contributed by atoms with E-state index in [1.54, 1.807) is 20.3 Å². The first-order valence-electron chi connectivity index (χ1n) is 8.80. The first-order chi connectivity index (χ1) is 13.1. The fourth-order valence-electron chi connectivity index (χ4n) is 3.58. The molecule has 27 heavy (non-hydrogen) atoms. The lowest BCUT2D eigenvalue weighted by molar-refractivity contribution is -0.145. The predicted octanol–water partition coefficient (Wildman–Crippen LogP) is 2.89. The van der Waals surface area contributed by atoms with Gasteiger partial charge in [0, 0.05) is 19.1 Å². The van der Waals surface area contributed by atoms with Crippen molar-refractivity contribution in [2.24, 2.45) is 5.92 Å². The standard InChI is InChI=1S/C21H22N2O4/c1-26-17-12-16(23-22-14-17)8-10-21(27-2)11-9-18(20(24)25)19(13-21)15-6-4-3-5-7-15/h3-7,12,14,18-19H,9,11,13H2,1-2H3,(H,24,25)/t18-,19+,21?/m1/s1. The molecule has 3 atom stereocenters. The van der Waals surface area contributed by atoms with Gasteiger partial charge in [-0.25, -0.2) is 0 Å². The molecule has 0 radical (unpaired) electrons. The second-order valence-electron chi connectivity index (χ2n) is 6.63. The van der Waals surface area contributed by atoms with Gasteiger partial charge < -0.3 is 14.6 Å². The van der Waals surface area contributed by atoms with Gasteiger partial charge in [0.1, 0.15) is 17.0 Å². The van der Waals surface area contributed by atoms with Crippen LogP contribution in [-0.2, 0) is 9.53 Å². The molecular weight excluding hydrogens is 344 g/mol. The van der Waals surface area contributed by atoms with Crippen LogP contribution in [0.1, 0.15) is 36.4 Å². The van der Waals surface area contributed by atoms with E-state index < -0.39 is 17.5 Å². The van der Waals surface area contributed by atoms with Gasteiger partial charge in [-0.2, -0.15) is 5.10 Å². The molecule has 1 aromatic heterocycles. The normalized spacial score (nSPS) is 24.5. The fraction of sp³-hybridized carbons (Fsp3) is 0.381. The molecule has 0 saturated heterocycles. The summed E-state index contributed by atoms with van der Waals surface area (Å²) in [5.41, 5.74) is 0.758. The summed E-state index contributed by atoms with van der Waals surface area (Å²) in [4.78, 5) is 11.8. The second kappa shape index (κ2) is 8.19. The van der Waals surface area contributed by atoms with E-state index in [-0.39, 0.29) is 5.92 Å². The zero-order valence-corrected chi connectivity index (χ0v) is 15.4. The maximum absolute atomic E-state index is 11.8. The molecule has 0 amide bonds. The van der Waals surface area contributed by atoms with Crippen molar-refractivity contribution in [3.05, 3.63) is 53.9 Å². The first-order valence-corrected chi connectivity index (χ1v) is 8.80. The average molecular weight is 366 g/mol. The highest BCUT2D eigenvalue weighted by Gasteiger charge is 2.43. The van der Waals surface area contributed by atoms with Crippen molar-refractivity contribution >= 4 is 5.97 Å². The van der Waals surface area contributed by atoms with Gasteiger partial charge >= 0.3 is 5.97 Å². The zero-order chi connectivity index (χ0) is 19.3. The number of carboxylic acid groups (broad SMARTS) is 1. The Kier molecular flexibility index (Phi) is 5.72. The van der Waals surface area contributed by atoms with Gasteiger partial charge in [-0.1, -0.05) is 36.3 Å². The Morgan fingerprint density at radius 3 is 2.74 bits per heavy atom. The van der Waals surface area contributed by atoms with Crippen molar-refractivity contribution in [2.45, 2.75) is 30.8 Å². The van der Waals surface area contributed by atoms with E-state index in [1.165, 1.54) is 6.20 Å². The maximum atomic E-state index is 11.8. The highest BCUT2D eigenvalue weighted by atomic mass is 16.5. The van der Waals surface area contributed by atoms with E-state index in [2.05, 4.69) is 22.0 Å². The van der Waals surface area contributed by atoms with E-state index >= 15 is 0 Å². The molecule has 1 heterocycles. The van der Waals surface area contributed by atoms with Gasteiger partial charge in [0.15, 0.2) is 0 Å². The third kappa shape index (κ3) is 4.26. The monoisotopic (exact) mass is 366 g/mol. The Hall–Kier alpha value is -2.91. The van der Waals surface area contributed by atoms with Gasteiger partial charge in [0.2, 0.25) is 0 Å². The minimum atomic E-state index is -0.778. The molecule has 0 bridgehead atoms. The molecule has 1 N–H and O–H groups in total. The second-order valence-corrected chi connectivity index (χ2v) is 6.63. The van der Waals surface area contributed by atoms with Crippen LogP contribution in [0.2, 0.25) is 0 Å². The third-order valence-corrected chi connectivity index (χ3v) is 5.11. The van der Waals surface area contributed by atoms with E-state index in [9.17, 15) is 9.90 Å². The van der Waals surface area contributed by atoms with Crippen molar-refractivity contribution in [3.8, 4) is 17.6 Å². The van der Waals surface area contributed by atoms with Crippen LogP contribution in [0.3, 0.4) is 0 Å². The maximum Gasteiger partial charge on any atom is 0.307 e. The van der Waals surface area contributed by atoms with Crippen LogP contribution in [0.15, 0.2) is 42.6 Å². The molecule has 1 unspecified atom stereocenters. The van der Waals surface area contributed by atoms with Crippen LogP contribution in [0.4, 0.5) is 0 Å². The van der Waals surface area contributed by atoms with Crippen molar-refractivity contribution in [2.75, 3.05) is 14.2 Å². The summed E-state index contributed by atoms with van der Waals surface area (Å²) >= 11 is 0. The Balaban J connectivity index is 1.91. The Labute approximate surface area is 158 Å². The van der Waals surface area contributed by atoms with Crippen LogP contribution in [0, 0.1) is 17.8 Å². The summed E-state index contributed by atoms with van der Waals surface area (Å²) in [5.74, 6) is 5.40. The van der Waals surface area contributed by atoms with Crippen LogP contribution >= 0.6 is 0 Å². The lowest BCUT2D eigenvalue weighted by Gasteiger charge is -2.39. The smallest absolute Gasteiger partial charge is 0.307 e. The summed E-state index contributed by atoms with van der Waals surface area (Å²) in [6.45, 7) is 0. The molecule has 1 aliphatic rings. The number of hydrogen-bond donors (Lipinski definition) is 1. The molecule has 140 valence electrons. The van der Waals surface area contributed by atoms with Crippen molar-refractivity contribution < 1.29 is 19.4 Å². The molecule has 6 heteroatoms. The molecule has 6 nitrogen and oxygen atoms in total. The molecule has 1 saturated carbocycles. The van der Waals surface area contributed by atoms with Gasteiger partial charge in [0.05, 0.1) is 19.2 Å². The largest absolute Gasteiger partial charge is 0.495 e. The molecule has 1 aromatic carbocycles. The van der Waals surface area contributed by atoms with Gasteiger partial charge in [-0.15, -0.1) is 5.10 Å². The number of rotatable bonds is 4. The topological polar surface area (TPSA) is 81.5 Å². The van der Waals surface area contributed by atoms with Gasteiger partial charge in [0.25, 0.3) is 0 Å². The van der Waals surface area contributed by atoms with Crippen LogP contribution in [0.25, 0.3) is 0 Å². The molecule has 1 fully saturated rings. The SMILES string of the molecule is COc1cnnc(C#CC2(OC)CC[C@@H](C(=O)O)[C@H](c3ccccc3)C2)c1. The molecular formula is C21H22N2O4. The van der Waals surface area contributed by atoms with E-state index in [1.807, 2.05) is 30.3 Å². The van der Waals surface area contributed by atoms with Gasteiger partial charge in [-0.05, 0) is 30.7 Å². The molecule has 2 aromatic rings. The number of hydrogen-bond acceptors (Lipinski definition) is 5. The Morgan fingerprint density at radius 2 is 2.07 bits per heavy atom. The number of aromatic nitrogens is 2. The van der Waals surface area contributed by atoms with Gasteiger partial charge in [-0.3, -0.25) is 4.79 Å². The number of benzene rings is 1. The minimum Gasteiger partial charge on any atom is -0.495 e. The van der Waals surface area contributed by atoms with Crippen LogP contribution < -0.4 is 4.74 Å². The van der Waals surface area contributed by atoms with E-state index in [4.69, 9.17) is 9.47 Å². The van der Waals surface area contributed by atoms with Crippen molar-refractivity contribution in [1.82, 2.24) is 10.2 Å². The number of aliphatic carboxylic acids is 1. The summed E-state index contributed by atoms with van der Waals surface area (Å²) in [7, 11) is 3.18. The summed E-state index contributed by atoms with van der Waals surface area (Å²) in [6, 6.07) is 11.4. The quantitative estimate of drug-likeness (QED) is 0.838. The molecule has 3 rings (SSSR count). The summed E-state index contributed by atoms with van der Waals surface area (Å²) in [5, 5.41) is 17.5. The average Bonchev–Trinajstić information content (AvgIpc) is 2.72.